The van der Waals surface area contributed by atoms with Gasteiger partial charge in [0.05, 0.1) is 0 Å². The first-order valence-corrected chi connectivity index (χ1v) is 6.96. The van der Waals surface area contributed by atoms with E-state index in [0.717, 1.165) is 0 Å². The third-order valence-corrected chi connectivity index (χ3v) is 0. The SMILES string of the molecule is [Ca+2].[O]=[Ru](=[O])(=[O])([OH])[OH].[O]=[Ti]([O-])[O-]. The van der Waals surface area contributed by atoms with Crippen LogP contribution >= 0.6 is 0 Å². The van der Waals surface area contributed by atoms with Crippen LogP contribution in [0, 0.1) is 0 Å². The quantitative estimate of drug-likeness (QED) is 0.424. The van der Waals surface area contributed by atoms with Crippen molar-refractivity contribution in [3.05, 3.63) is 0 Å². The second kappa shape index (κ2) is 6.15. The average Bonchev–Trinajstić information content (AvgIpc) is 1.14. The van der Waals surface area contributed by atoms with Crippen LogP contribution in [0.2, 0.25) is 0 Å². The number of rotatable bonds is 0. The Balaban J connectivity index is -0.000000114. The van der Waals surface area contributed by atoms with Crippen LogP contribution in [0.3, 0.4) is 0 Å². The predicted octanol–water partition coefficient (Wildman–Crippen LogP) is -4.35. The van der Waals surface area contributed by atoms with Gasteiger partial charge in [0.25, 0.3) is 0 Å². The molecule has 0 atom stereocenters. The van der Waals surface area contributed by atoms with E-state index in [1.165, 1.54) is 0 Å². The average molecular weight is 319 g/mol. The molecule has 0 aromatic carbocycles. The number of hydrogen-bond acceptors (Lipinski definition) is 6. The first-order chi connectivity index (χ1) is 3.97. The molecule has 0 amide bonds. The van der Waals surface area contributed by atoms with E-state index in [4.69, 9.17) is 29.3 Å². The third-order valence-electron chi connectivity index (χ3n) is 0. The first kappa shape index (κ1) is 18.4. The summed E-state index contributed by atoms with van der Waals surface area (Å²) in [5, 5.41) is 0. The summed E-state index contributed by atoms with van der Waals surface area (Å²) in [6.45, 7) is 0. The summed E-state index contributed by atoms with van der Waals surface area (Å²) in [7, 11) is 0. The minimum absolute atomic E-state index is 0. The fraction of sp³-hybridized carbons (Fsp3) is 0. The zero-order chi connectivity index (χ0) is 9.02. The zero-order valence-electron chi connectivity index (χ0n) is 4.90. The van der Waals surface area contributed by atoms with E-state index in [1.807, 2.05) is 0 Å². The summed E-state index contributed by atoms with van der Waals surface area (Å²) >= 11 is -11.3. The molecule has 0 aliphatic rings. The number of hydrogen-bond donors (Lipinski definition) is 2. The standard InChI is InChI=1S/Ca.2H2O.6O.Ru.Ti/h;2*1H2;;;;;;;;/q+2;;;;;;;2*-1;+2;/p-2. The molecule has 64 valence electrons. The van der Waals surface area contributed by atoms with Gasteiger partial charge in [-0.1, -0.05) is 0 Å². The summed E-state index contributed by atoms with van der Waals surface area (Å²) in [4.78, 5) is 0. The van der Waals surface area contributed by atoms with E-state index in [9.17, 15) is 0 Å². The normalized spacial score (nSPS) is 12.5. The van der Waals surface area contributed by atoms with E-state index in [-0.39, 0.29) is 37.7 Å². The Bertz CT molecular complexity index is 261. The Kier molecular flexibility index (Phi) is 10.3. The van der Waals surface area contributed by atoms with Crippen molar-refractivity contribution in [3.8, 4) is 0 Å². The van der Waals surface area contributed by atoms with Crippen molar-refractivity contribution in [1.82, 2.24) is 0 Å². The summed E-state index contributed by atoms with van der Waals surface area (Å²) in [5.41, 5.74) is 0. The van der Waals surface area contributed by atoms with Gasteiger partial charge in [0.15, 0.2) is 0 Å². The van der Waals surface area contributed by atoms with Gasteiger partial charge < -0.3 is 0 Å². The second-order valence-electron chi connectivity index (χ2n) is 0.885. The van der Waals surface area contributed by atoms with E-state index < -0.39 is 32.8 Å². The molecule has 0 aromatic rings. The molecule has 11 heteroatoms. The Labute approximate surface area is 98.3 Å². The molecule has 0 fully saturated rings. The fourth-order valence-corrected chi connectivity index (χ4v) is 0. The molecule has 0 rings (SSSR count). The first-order valence-electron chi connectivity index (χ1n) is 1.36. The molecule has 0 spiro atoms. The zero-order valence-corrected chi connectivity index (χ0v) is 10.4. The van der Waals surface area contributed by atoms with Crippen LogP contribution in [0.5, 0.6) is 0 Å². The molecule has 0 unspecified atom stereocenters. The second-order valence-corrected chi connectivity index (χ2v) is 4.79. The van der Waals surface area contributed by atoms with Gasteiger partial charge in [-0.05, 0) is 0 Å². The Hall–Kier alpha value is 1.64. The van der Waals surface area contributed by atoms with Crippen molar-refractivity contribution in [2.45, 2.75) is 0 Å². The van der Waals surface area contributed by atoms with Crippen molar-refractivity contribution < 1.29 is 62.1 Å². The summed E-state index contributed by atoms with van der Waals surface area (Å²) < 4.78 is 66.4. The molecule has 2 N–H and O–H groups in total. The summed E-state index contributed by atoms with van der Waals surface area (Å²) in [6.07, 6.45) is 0. The summed E-state index contributed by atoms with van der Waals surface area (Å²) in [6, 6.07) is 0. The molecule has 8 nitrogen and oxygen atoms in total. The van der Waals surface area contributed by atoms with Crippen LogP contribution in [-0.2, 0) is 46.8 Å². The Morgan fingerprint density at radius 2 is 1.09 bits per heavy atom. The molecule has 0 saturated carbocycles. The van der Waals surface area contributed by atoms with E-state index >= 15 is 0 Å². The van der Waals surface area contributed by atoms with E-state index in [2.05, 4.69) is 0 Å². The van der Waals surface area contributed by atoms with Gasteiger partial charge in [-0.25, -0.2) is 0 Å². The van der Waals surface area contributed by atoms with Crippen molar-refractivity contribution in [1.29, 1.82) is 0 Å². The van der Waals surface area contributed by atoms with Gasteiger partial charge in [-0.3, -0.25) is 0 Å². The van der Waals surface area contributed by atoms with Gasteiger partial charge in [0, 0.05) is 0 Å². The van der Waals surface area contributed by atoms with Crippen LogP contribution in [-0.4, -0.2) is 45.6 Å². The van der Waals surface area contributed by atoms with Gasteiger partial charge >= 0.3 is 99.8 Å². The van der Waals surface area contributed by atoms with E-state index in [1.54, 1.807) is 0 Å². The molecule has 0 heterocycles. The molecule has 0 aliphatic heterocycles. The molecule has 0 bridgehead atoms. The van der Waals surface area contributed by atoms with Crippen molar-refractivity contribution >= 4 is 37.7 Å². The van der Waals surface area contributed by atoms with Crippen LogP contribution in [0.4, 0.5) is 0 Å². The topological polar surface area (TPSA) is 155 Å². The minimum atomic E-state index is -7.22. The van der Waals surface area contributed by atoms with Gasteiger partial charge in [0.2, 0.25) is 0 Å². The Morgan fingerprint density at radius 1 is 1.09 bits per heavy atom. The van der Waals surface area contributed by atoms with Crippen LogP contribution in [0.25, 0.3) is 0 Å². The van der Waals surface area contributed by atoms with Crippen LogP contribution < -0.4 is 7.38 Å². The molecule has 11 heavy (non-hydrogen) atoms. The Morgan fingerprint density at radius 3 is 1.09 bits per heavy atom. The monoisotopic (exact) mass is 320 g/mol. The maximum absolute atomic E-state index is 8.86. The van der Waals surface area contributed by atoms with Gasteiger partial charge in [0.1, 0.15) is 0 Å². The van der Waals surface area contributed by atoms with Crippen LogP contribution in [0.1, 0.15) is 0 Å². The van der Waals surface area contributed by atoms with Gasteiger partial charge in [-0.15, -0.1) is 0 Å². The molecule has 0 radical (unpaired) electrons. The predicted molar refractivity (Wildman–Crippen MR) is 12.9 cm³/mol. The fourth-order valence-electron chi connectivity index (χ4n) is 0. The molecular weight excluding hydrogens is 317 g/mol. The molecule has 0 saturated heterocycles. The van der Waals surface area contributed by atoms with Crippen molar-refractivity contribution in [2.75, 3.05) is 0 Å². The van der Waals surface area contributed by atoms with Crippen molar-refractivity contribution in [2.24, 2.45) is 0 Å². The summed E-state index contributed by atoms with van der Waals surface area (Å²) in [5.74, 6) is 0. The van der Waals surface area contributed by atoms with Crippen LogP contribution in [0.15, 0.2) is 0 Å². The third kappa shape index (κ3) is 403. The molecule has 0 aromatic heterocycles. The maximum atomic E-state index is 8.86. The molecule has 0 aliphatic carbocycles. The molecular formula is H2CaO8RuTi. The van der Waals surface area contributed by atoms with E-state index in [0.29, 0.717) is 0 Å². The van der Waals surface area contributed by atoms with Gasteiger partial charge in [-0.2, -0.15) is 0 Å². The van der Waals surface area contributed by atoms with Crippen molar-refractivity contribution in [3.63, 3.8) is 0 Å².